The zero-order valence-corrected chi connectivity index (χ0v) is 10.4. The minimum Gasteiger partial charge on any atom is -0.376 e. The molecule has 88 valence electrons. The van der Waals surface area contributed by atoms with Gasteiger partial charge in [-0.25, -0.2) is 0 Å². The van der Waals surface area contributed by atoms with E-state index in [4.69, 9.17) is 5.73 Å². The lowest BCUT2D eigenvalue weighted by molar-refractivity contribution is 0.833. The predicted octanol–water partition coefficient (Wildman–Crippen LogP) is 1.89. The fourth-order valence-electron chi connectivity index (χ4n) is 1.42. The summed E-state index contributed by atoms with van der Waals surface area (Å²) in [4.78, 5) is 6.27. The van der Waals surface area contributed by atoms with Crippen LogP contribution in [0.5, 0.6) is 0 Å². The highest BCUT2D eigenvalue weighted by Gasteiger charge is 2.04. The van der Waals surface area contributed by atoms with Gasteiger partial charge in [-0.3, -0.25) is 4.99 Å². The largest absolute Gasteiger partial charge is 0.376 e. The third-order valence-corrected chi connectivity index (χ3v) is 2.05. The first kappa shape index (κ1) is 12.4. The van der Waals surface area contributed by atoms with Crippen molar-refractivity contribution in [2.24, 2.45) is 10.7 Å². The van der Waals surface area contributed by atoms with Crippen LogP contribution in [0, 0.1) is 0 Å². The van der Waals surface area contributed by atoms with Gasteiger partial charge < -0.3 is 16.0 Å². The maximum atomic E-state index is 5.80. The van der Waals surface area contributed by atoms with Crippen LogP contribution in [0.2, 0.25) is 0 Å². The number of aliphatic imine (C=N–C) groups is 1. The zero-order chi connectivity index (χ0) is 12.1. The molecule has 0 saturated carbocycles. The van der Waals surface area contributed by atoms with Gasteiger partial charge in [0.15, 0.2) is 5.96 Å². The molecule has 4 heteroatoms. The highest BCUT2D eigenvalue weighted by atomic mass is 15.1. The molecule has 0 bridgehead atoms. The van der Waals surface area contributed by atoms with Gasteiger partial charge in [-0.15, -0.1) is 0 Å². The molecule has 0 spiro atoms. The van der Waals surface area contributed by atoms with Crippen molar-refractivity contribution in [1.82, 2.24) is 0 Å². The molecule has 0 radical (unpaired) electrons. The Morgan fingerprint density at radius 3 is 2.50 bits per heavy atom. The summed E-state index contributed by atoms with van der Waals surface area (Å²) in [6.45, 7) is 3.98. The van der Waals surface area contributed by atoms with Gasteiger partial charge in [0.2, 0.25) is 0 Å². The van der Waals surface area contributed by atoms with Crippen LogP contribution in [-0.4, -0.2) is 26.1 Å². The maximum Gasteiger partial charge on any atom is 0.193 e. The second kappa shape index (κ2) is 5.39. The molecule has 0 atom stereocenters. The number of anilines is 2. The van der Waals surface area contributed by atoms with E-state index >= 15 is 0 Å². The number of para-hydroxylation sites is 2. The second-order valence-electron chi connectivity index (χ2n) is 4.14. The van der Waals surface area contributed by atoms with E-state index in [2.05, 4.69) is 10.3 Å². The molecule has 0 heterocycles. The van der Waals surface area contributed by atoms with Gasteiger partial charge in [0, 0.05) is 20.1 Å². The summed E-state index contributed by atoms with van der Waals surface area (Å²) < 4.78 is 0. The Bertz CT molecular complexity index is 369. The molecule has 1 aromatic carbocycles. The topological polar surface area (TPSA) is 53.6 Å². The molecule has 0 aliphatic carbocycles. The number of guanidine groups is 1. The van der Waals surface area contributed by atoms with Crippen molar-refractivity contribution in [1.29, 1.82) is 0 Å². The van der Waals surface area contributed by atoms with Gasteiger partial charge in [-0.1, -0.05) is 12.1 Å². The molecular weight excluding hydrogens is 200 g/mol. The molecule has 4 nitrogen and oxygen atoms in total. The first-order valence-corrected chi connectivity index (χ1v) is 5.37. The monoisotopic (exact) mass is 220 g/mol. The molecule has 1 aromatic rings. The molecule has 3 N–H and O–H groups in total. The van der Waals surface area contributed by atoms with E-state index in [9.17, 15) is 0 Å². The highest BCUT2D eigenvalue weighted by molar-refractivity contribution is 5.95. The van der Waals surface area contributed by atoms with Crippen molar-refractivity contribution in [2.45, 2.75) is 19.9 Å². The summed E-state index contributed by atoms with van der Waals surface area (Å²) in [6, 6.07) is 8.18. The Hall–Kier alpha value is -1.71. The van der Waals surface area contributed by atoms with Crippen molar-refractivity contribution in [2.75, 3.05) is 24.3 Å². The lowest BCUT2D eigenvalue weighted by Gasteiger charge is -2.18. The molecule has 0 unspecified atom stereocenters. The smallest absolute Gasteiger partial charge is 0.193 e. The molecule has 0 aliphatic heterocycles. The van der Waals surface area contributed by atoms with Crippen LogP contribution in [-0.2, 0) is 0 Å². The Balaban J connectivity index is 2.89. The Morgan fingerprint density at radius 2 is 1.94 bits per heavy atom. The van der Waals surface area contributed by atoms with Crippen LogP contribution in [0.25, 0.3) is 0 Å². The van der Waals surface area contributed by atoms with Gasteiger partial charge in [-0.05, 0) is 26.0 Å². The average molecular weight is 220 g/mol. The Labute approximate surface area is 97.2 Å². The fourth-order valence-corrected chi connectivity index (χ4v) is 1.42. The third kappa shape index (κ3) is 3.46. The summed E-state index contributed by atoms with van der Waals surface area (Å²) in [5.74, 6) is 0.448. The van der Waals surface area contributed by atoms with Crippen molar-refractivity contribution >= 4 is 17.3 Å². The summed E-state index contributed by atoms with van der Waals surface area (Å²) in [5, 5.41) is 3.11. The molecule has 0 amide bonds. The van der Waals surface area contributed by atoms with E-state index in [1.165, 1.54) is 0 Å². The van der Waals surface area contributed by atoms with E-state index in [1.807, 2.05) is 57.1 Å². The van der Waals surface area contributed by atoms with Gasteiger partial charge in [0.25, 0.3) is 0 Å². The van der Waals surface area contributed by atoms with Crippen LogP contribution in [0.1, 0.15) is 13.8 Å². The van der Waals surface area contributed by atoms with Crippen LogP contribution >= 0.6 is 0 Å². The number of hydrogen-bond donors (Lipinski definition) is 2. The van der Waals surface area contributed by atoms with Crippen LogP contribution in [0.15, 0.2) is 29.3 Å². The zero-order valence-electron chi connectivity index (χ0n) is 10.4. The van der Waals surface area contributed by atoms with Crippen LogP contribution in [0.3, 0.4) is 0 Å². The Morgan fingerprint density at radius 1 is 1.31 bits per heavy atom. The number of hydrogen-bond acceptors (Lipinski definition) is 2. The average Bonchev–Trinajstić information content (AvgIpc) is 2.16. The number of nitrogens with zero attached hydrogens (tertiary/aromatic N) is 2. The van der Waals surface area contributed by atoms with Gasteiger partial charge in [-0.2, -0.15) is 0 Å². The first-order chi connectivity index (χ1) is 7.50. The minimum absolute atomic E-state index is 0.194. The van der Waals surface area contributed by atoms with Crippen LogP contribution in [0.4, 0.5) is 11.4 Å². The molecule has 16 heavy (non-hydrogen) atoms. The number of rotatable bonds is 3. The highest BCUT2D eigenvalue weighted by Crippen LogP contribution is 2.22. The first-order valence-electron chi connectivity index (χ1n) is 5.37. The van der Waals surface area contributed by atoms with E-state index in [-0.39, 0.29) is 6.04 Å². The maximum absolute atomic E-state index is 5.80. The minimum atomic E-state index is 0.194. The molecule has 0 aromatic heterocycles. The van der Waals surface area contributed by atoms with E-state index in [1.54, 1.807) is 0 Å². The van der Waals surface area contributed by atoms with Gasteiger partial charge >= 0.3 is 0 Å². The predicted molar refractivity (Wildman–Crippen MR) is 71.2 cm³/mol. The number of benzene rings is 1. The molecule has 0 fully saturated rings. The lowest BCUT2D eigenvalue weighted by Crippen LogP contribution is -2.25. The van der Waals surface area contributed by atoms with Gasteiger partial charge in [0.05, 0.1) is 11.4 Å². The molecule has 0 saturated heterocycles. The normalized spacial score (nSPS) is 11.7. The number of nitrogens with one attached hydrogen (secondary N) is 1. The summed E-state index contributed by atoms with van der Waals surface area (Å²) in [6.07, 6.45) is 0. The van der Waals surface area contributed by atoms with Gasteiger partial charge in [0.1, 0.15) is 0 Å². The Kier molecular flexibility index (Phi) is 4.17. The van der Waals surface area contributed by atoms with E-state index in [0.717, 1.165) is 11.4 Å². The fraction of sp³-hybridized carbons (Fsp3) is 0.417. The van der Waals surface area contributed by atoms with E-state index < -0.39 is 0 Å². The van der Waals surface area contributed by atoms with Crippen molar-refractivity contribution in [3.63, 3.8) is 0 Å². The summed E-state index contributed by atoms with van der Waals surface area (Å²) in [7, 11) is 3.99. The molecule has 1 rings (SSSR count). The standard InChI is InChI=1S/C12H20N4/c1-9(2)14-12(13)15-10-7-5-6-8-11(10)16(3)4/h5-9H,1-4H3,(H3,13,14,15). The third-order valence-electron chi connectivity index (χ3n) is 2.05. The van der Waals surface area contributed by atoms with Crippen LogP contribution < -0.4 is 16.0 Å². The lowest BCUT2D eigenvalue weighted by atomic mass is 10.2. The van der Waals surface area contributed by atoms with Crippen molar-refractivity contribution in [3.05, 3.63) is 24.3 Å². The van der Waals surface area contributed by atoms with Crippen molar-refractivity contribution < 1.29 is 0 Å². The number of nitrogens with two attached hydrogens (primary N) is 1. The summed E-state index contributed by atoms with van der Waals surface area (Å²) in [5.41, 5.74) is 7.85. The quantitative estimate of drug-likeness (QED) is 0.604. The summed E-state index contributed by atoms with van der Waals surface area (Å²) >= 11 is 0. The SMILES string of the molecule is CC(C)N=C(N)Nc1ccccc1N(C)C. The van der Waals surface area contributed by atoms with E-state index in [0.29, 0.717) is 5.96 Å². The molecular formula is C12H20N4. The second-order valence-corrected chi connectivity index (χ2v) is 4.14. The molecule has 0 aliphatic rings. The van der Waals surface area contributed by atoms with Crippen molar-refractivity contribution in [3.8, 4) is 0 Å².